The second kappa shape index (κ2) is 23.2. The van der Waals surface area contributed by atoms with Gasteiger partial charge in [0.25, 0.3) is 11.8 Å². The van der Waals surface area contributed by atoms with E-state index in [1.165, 1.54) is 42.5 Å². The number of rotatable bonds is 13. The maximum atomic E-state index is 11.7. The third-order valence-electron chi connectivity index (χ3n) is 6.91. The van der Waals surface area contributed by atoms with Crippen LogP contribution in [-0.4, -0.2) is 69.2 Å². The van der Waals surface area contributed by atoms with Crippen molar-refractivity contribution in [3.8, 4) is 28.7 Å². The lowest BCUT2D eigenvalue weighted by molar-refractivity contribution is -0.124. The number of carbonyl (C=O) groups is 3. The minimum atomic E-state index is -1.12. The van der Waals surface area contributed by atoms with E-state index in [0.29, 0.717) is 52.4 Å². The van der Waals surface area contributed by atoms with Gasteiger partial charge in [-0.05, 0) is 80.4 Å². The number of anilines is 3. The van der Waals surface area contributed by atoms with Gasteiger partial charge in [0, 0.05) is 21.7 Å². The Labute approximate surface area is 332 Å². The molecule has 292 valence electrons. The van der Waals surface area contributed by atoms with Crippen LogP contribution in [0.25, 0.3) is 0 Å². The highest BCUT2D eigenvalue weighted by atomic mass is 35.5. The fourth-order valence-electron chi connectivity index (χ4n) is 4.07. The summed E-state index contributed by atoms with van der Waals surface area (Å²) in [6, 6.07) is 16.5. The zero-order chi connectivity index (χ0) is 40.4. The predicted octanol–water partition coefficient (Wildman–Crippen LogP) is 8.29. The van der Waals surface area contributed by atoms with Crippen molar-refractivity contribution in [2.75, 3.05) is 35.8 Å². The number of hydrogen-bond acceptors (Lipinski definition) is 10. The van der Waals surface area contributed by atoms with Crippen molar-refractivity contribution in [3.05, 3.63) is 92.4 Å². The number of nitrogens with one attached hydrogen (secondary N) is 3. The molecule has 0 aliphatic heterocycles. The highest BCUT2D eigenvalue weighted by Crippen LogP contribution is 2.39. The van der Waals surface area contributed by atoms with Crippen molar-refractivity contribution in [2.24, 2.45) is 0 Å². The first-order valence-corrected chi connectivity index (χ1v) is 17.8. The minimum absolute atomic E-state index is 0.00541. The zero-order valence-corrected chi connectivity index (χ0v) is 32.5. The standard InChI is InChI=1S/C14H12ClNO4.C12H15Cl2NO3.C11H14ClNO3/c15-9-5-6-11(17)10(7-9)16-14(19)8-20-13-4-2-1-3-12(13)18;1-3-4-9(16)12(18)15-8-5-7(13)6(2)10(14)11(8)17;1-2-16-6-5-11(15)13-9-7-8(12)3-4-10(9)14/h1-7,17-18H,8H2,(H,16,19);5,9,16-17H,3-4H2,1-2H3,(H,15,18);3-4,7,14H,2,5-6H2,1H3,(H,13,15). The second-order valence-electron chi connectivity index (χ2n) is 11.1. The summed E-state index contributed by atoms with van der Waals surface area (Å²) in [7, 11) is 0. The molecule has 0 aliphatic rings. The third-order valence-corrected chi connectivity index (χ3v) is 8.24. The number of benzene rings is 4. The maximum absolute atomic E-state index is 11.7. The number of hydrogen-bond donors (Lipinski definition) is 8. The van der Waals surface area contributed by atoms with Gasteiger partial charge in [0.1, 0.15) is 17.6 Å². The number of aliphatic hydroxyl groups excluding tert-OH is 1. The first-order chi connectivity index (χ1) is 25.6. The summed E-state index contributed by atoms with van der Waals surface area (Å²) in [4.78, 5) is 34.7. The first-order valence-electron chi connectivity index (χ1n) is 16.3. The average molecular weight is 830 g/mol. The molecule has 0 heterocycles. The van der Waals surface area contributed by atoms with Crippen LogP contribution >= 0.6 is 46.4 Å². The highest BCUT2D eigenvalue weighted by molar-refractivity contribution is 6.37. The quantitative estimate of drug-likeness (QED) is 0.0478. The van der Waals surface area contributed by atoms with Crippen LogP contribution in [0.4, 0.5) is 17.1 Å². The summed E-state index contributed by atoms with van der Waals surface area (Å²) in [5.74, 6) is -1.49. The number of carbonyl (C=O) groups excluding carboxylic acids is 3. The Kier molecular flexibility index (Phi) is 19.6. The lowest BCUT2D eigenvalue weighted by Gasteiger charge is -2.14. The van der Waals surface area contributed by atoms with E-state index < -0.39 is 17.9 Å². The molecule has 0 radical (unpaired) electrons. The molecule has 54 heavy (non-hydrogen) atoms. The number of para-hydroxylation sites is 2. The van der Waals surface area contributed by atoms with Gasteiger partial charge in [-0.2, -0.15) is 0 Å². The van der Waals surface area contributed by atoms with E-state index in [1.54, 1.807) is 31.2 Å². The molecular weight excluding hydrogens is 788 g/mol. The Morgan fingerprint density at radius 1 is 0.741 bits per heavy atom. The molecule has 13 nitrogen and oxygen atoms in total. The van der Waals surface area contributed by atoms with E-state index in [2.05, 4.69) is 16.0 Å². The summed E-state index contributed by atoms with van der Waals surface area (Å²) in [6.45, 7) is 6.01. The lowest BCUT2D eigenvalue weighted by atomic mass is 10.1. The van der Waals surface area contributed by atoms with Gasteiger partial charge < -0.3 is 51.0 Å². The van der Waals surface area contributed by atoms with Crippen molar-refractivity contribution < 1.29 is 49.4 Å². The molecule has 0 saturated heterocycles. The molecule has 1 unspecified atom stereocenters. The van der Waals surface area contributed by atoms with Gasteiger partial charge in [-0.3, -0.25) is 14.4 Å². The molecular formula is C37H41Cl4N3O10. The summed E-state index contributed by atoms with van der Waals surface area (Å²) in [6.07, 6.45) is 0.156. The van der Waals surface area contributed by atoms with Crippen molar-refractivity contribution in [1.29, 1.82) is 0 Å². The molecule has 0 spiro atoms. The SMILES string of the molecule is CCCC(O)C(=O)Nc1cc(Cl)c(C)c(Cl)c1O.CCOCCC(=O)Nc1cc(Cl)ccc1O.O=C(COc1ccccc1O)Nc1cc(Cl)ccc1O. The fourth-order valence-corrected chi connectivity index (χ4v) is 4.87. The molecule has 4 aromatic carbocycles. The third kappa shape index (κ3) is 15.4. The van der Waals surface area contributed by atoms with Crippen LogP contribution in [0, 0.1) is 6.92 Å². The van der Waals surface area contributed by atoms with Gasteiger partial charge in [0.15, 0.2) is 23.9 Å². The number of phenolic OH excluding ortho intramolecular Hbond substituents is 4. The Hall–Kier alpha value is -4.63. The van der Waals surface area contributed by atoms with Gasteiger partial charge >= 0.3 is 0 Å². The van der Waals surface area contributed by atoms with Crippen molar-refractivity contribution in [2.45, 2.75) is 46.1 Å². The molecule has 0 saturated carbocycles. The van der Waals surface area contributed by atoms with Gasteiger partial charge in [-0.1, -0.05) is 71.9 Å². The Morgan fingerprint density at radius 2 is 1.31 bits per heavy atom. The zero-order valence-electron chi connectivity index (χ0n) is 29.5. The Balaban J connectivity index is 0.000000282. The van der Waals surface area contributed by atoms with E-state index in [4.69, 9.17) is 55.9 Å². The monoisotopic (exact) mass is 827 g/mol. The van der Waals surface area contributed by atoms with Crippen molar-refractivity contribution in [3.63, 3.8) is 0 Å². The van der Waals surface area contributed by atoms with Gasteiger partial charge in [-0.25, -0.2) is 0 Å². The van der Waals surface area contributed by atoms with E-state index in [0.717, 1.165) is 0 Å². The lowest BCUT2D eigenvalue weighted by Crippen LogP contribution is -2.27. The fraction of sp³-hybridized carbons (Fsp3) is 0.270. The smallest absolute Gasteiger partial charge is 0.262 e. The number of phenols is 4. The van der Waals surface area contributed by atoms with Crippen molar-refractivity contribution >= 4 is 81.2 Å². The normalized spacial score (nSPS) is 10.8. The summed E-state index contributed by atoms with van der Waals surface area (Å²) < 4.78 is 10.2. The Morgan fingerprint density at radius 3 is 1.87 bits per heavy atom. The van der Waals surface area contributed by atoms with E-state index in [9.17, 15) is 39.9 Å². The topological polar surface area (TPSA) is 207 Å². The van der Waals surface area contributed by atoms with Crippen LogP contribution in [-0.2, 0) is 19.1 Å². The number of halogens is 4. The molecule has 4 rings (SSSR count). The number of aliphatic hydroxyl groups is 1. The van der Waals surface area contributed by atoms with Crippen LogP contribution in [0.1, 0.15) is 38.7 Å². The summed E-state index contributed by atoms with van der Waals surface area (Å²) in [5, 5.41) is 56.4. The largest absolute Gasteiger partial charge is 0.506 e. The molecule has 0 aliphatic carbocycles. The van der Waals surface area contributed by atoms with Gasteiger partial charge in [-0.15, -0.1) is 0 Å². The number of aromatic hydroxyl groups is 4. The second-order valence-corrected chi connectivity index (χ2v) is 12.8. The van der Waals surface area contributed by atoms with E-state index in [-0.39, 0.29) is 64.1 Å². The maximum Gasteiger partial charge on any atom is 0.262 e. The molecule has 0 fully saturated rings. The van der Waals surface area contributed by atoms with Crippen LogP contribution in [0.2, 0.25) is 20.1 Å². The summed E-state index contributed by atoms with van der Waals surface area (Å²) >= 11 is 23.3. The predicted molar refractivity (Wildman–Crippen MR) is 211 cm³/mol. The van der Waals surface area contributed by atoms with Crippen molar-refractivity contribution in [1.82, 2.24) is 0 Å². The van der Waals surface area contributed by atoms with Gasteiger partial charge in [0.05, 0.1) is 35.1 Å². The molecule has 3 amide bonds. The van der Waals surface area contributed by atoms with Gasteiger partial charge in [0.2, 0.25) is 5.91 Å². The summed E-state index contributed by atoms with van der Waals surface area (Å²) in [5.41, 5.74) is 1.14. The molecule has 4 aromatic rings. The van der Waals surface area contributed by atoms with E-state index in [1.807, 2.05) is 13.8 Å². The molecule has 0 aromatic heterocycles. The van der Waals surface area contributed by atoms with Crippen LogP contribution in [0.3, 0.4) is 0 Å². The molecule has 8 N–H and O–H groups in total. The first kappa shape index (κ1) is 45.5. The van der Waals surface area contributed by atoms with Crippen LogP contribution in [0.15, 0.2) is 66.7 Å². The van der Waals surface area contributed by atoms with Crippen LogP contribution < -0.4 is 20.7 Å². The van der Waals surface area contributed by atoms with Crippen LogP contribution in [0.5, 0.6) is 28.7 Å². The number of ether oxygens (including phenoxy) is 2. The number of amides is 3. The van der Waals surface area contributed by atoms with E-state index >= 15 is 0 Å². The Bertz CT molecular complexity index is 1880. The minimum Gasteiger partial charge on any atom is -0.506 e. The molecule has 17 heteroatoms. The highest BCUT2D eigenvalue weighted by Gasteiger charge is 2.19. The molecule has 1 atom stereocenters. The molecule has 0 bridgehead atoms. The average Bonchev–Trinajstić information content (AvgIpc) is 3.13.